The summed E-state index contributed by atoms with van der Waals surface area (Å²) in [5.41, 5.74) is 3.40. The Labute approximate surface area is 201 Å². The molecule has 1 aliphatic heterocycles. The summed E-state index contributed by atoms with van der Waals surface area (Å²) >= 11 is 0. The highest BCUT2D eigenvalue weighted by atomic mass is 28.4. The zero-order valence-corrected chi connectivity index (χ0v) is 21.9. The van der Waals surface area contributed by atoms with Crippen LogP contribution in [0.2, 0.25) is 18.1 Å². The van der Waals surface area contributed by atoms with Gasteiger partial charge in [0.25, 0.3) is 0 Å². The van der Waals surface area contributed by atoms with Crippen molar-refractivity contribution in [1.82, 2.24) is 4.90 Å². The maximum absolute atomic E-state index is 7.61. The predicted molar refractivity (Wildman–Crippen MR) is 142 cm³/mol. The molecule has 2 nitrogen and oxygen atoms in total. The van der Waals surface area contributed by atoms with Gasteiger partial charge >= 0.3 is 0 Å². The van der Waals surface area contributed by atoms with Gasteiger partial charge in [0.2, 0.25) is 0 Å². The highest BCUT2D eigenvalue weighted by molar-refractivity contribution is 6.74. The van der Waals surface area contributed by atoms with Gasteiger partial charge in [0.1, 0.15) is 5.60 Å². The zero-order chi connectivity index (χ0) is 23.5. The van der Waals surface area contributed by atoms with Crippen LogP contribution >= 0.6 is 0 Å². The first kappa shape index (κ1) is 23.9. The van der Waals surface area contributed by atoms with E-state index in [0.717, 1.165) is 19.5 Å². The summed E-state index contributed by atoms with van der Waals surface area (Å²) in [5, 5.41) is 0.116. The minimum absolute atomic E-state index is 0.116. The van der Waals surface area contributed by atoms with E-state index in [1.165, 1.54) is 23.1 Å². The van der Waals surface area contributed by atoms with E-state index in [4.69, 9.17) is 4.43 Å². The van der Waals surface area contributed by atoms with E-state index in [1.807, 2.05) is 0 Å². The molecule has 1 saturated heterocycles. The molecule has 0 aliphatic carbocycles. The second kappa shape index (κ2) is 9.58. The van der Waals surface area contributed by atoms with Crippen molar-refractivity contribution < 1.29 is 4.43 Å². The Morgan fingerprint density at radius 2 is 1.27 bits per heavy atom. The largest absolute Gasteiger partial charge is 0.402 e. The van der Waals surface area contributed by atoms with Gasteiger partial charge in [0.15, 0.2) is 8.32 Å². The standard InChI is InChI=1S/C30H39NOSi/c1-29(2,3)33(4,5)32-30(26-18-11-7-12-19-26,27-20-13-8-14-21-27)28-22-15-23-31(28)24-25-16-9-6-10-17-25/h6-14,16-21,28H,15,22-24H2,1-5H3/t28-/m0/s1. The quantitative estimate of drug-likeness (QED) is 0.338. The number of likely N-dealkylation sites (tertiary alicyclic amines) is 1. The molecule has 4 rings (SSSR count). The summed E-state index contributed by atoms with van der Waals surface area (Å²) in [7, 11) is -2.12. The molecule has 3 aromatic rings. The molecule has 0 saturated carbocycles. The van der Waals surface area contributed by atoms with Gasteiger partial charge in [-0.2, -0.15) is 0 Å². The lowest BCUT2D eigenvalue weighted by Crippen LogP contribution is -2.57. The van der Waals surface area contributed by atoms with Crippen LogP contribution in [0, 0.1) is 0 Å². The first-order chi connectivity index (χ1) is 15.7. The fraction of sp³-hybridized carbons (Fsp3) is 0.400. The second-order valence-corrected chi connectivity index (χ2v) is 15.7. The summed E-state index contributed by atoms with van der Waals surface area (Å²) in [6.07, 6.45) is 2.32. The van der Waals surface area contributed by atoms with Gasteiger partial charge in [0, 0.05) is 12.6 Å². The van der Waals surface area contributed by atoms with Crippen LogP contribution in [0.15, 0.2) is 91.0 Å². The van der Waals surface area contributed by atoms with E-state index in [-0.39, 0.29) is 11.1 Å². The Morgan fingerprint density at radius 3 is 1.76 bits per heavy atom. The normalized spacial score (nSPS) is 17.9. The van der Waals surface area contributed by atoms with Gasteiger partial charge in [-0.05, 0) is 54.2 Å². The van der Waals surface area contributed by atoms with Crippen molar-refractivity contribution in [3.8, 4) is 0 Å². The monoisotopic (exact) mass is 457 g/mol. The molecule has 1 aliphatic rings. The maximum atomic E-state index is 7.61. The Bertz CT molecular complexity index is 972. The second-order valence-electron chi connectivity index (χ2n) is 10.9. The van der Waals surface area contributed by atoms with Crippen molar-refractivity contribution in [2.24, 2.45) is 0 Å². The minimum atomic E-state index is -2.12. The molecule has 1 fully saturated rings. The Morgan fingerprint density at radius 1 is 0.788 bits per heavy atom. The number of nitrogens with zero attached hydrogens (tertiary/aromatic N) is 1. The van der Waals surface area contributed by atoms with Gasteiger partial charge in [-0.1, -0.05) is 112 Å². The molecule has 0 spiro atoms. The van der Waals surface area contributed by atoms with Crippen molar-refractivity contribution in [2.75, 3.05) is 6.54 Å². The van der Waals surface area contributed by atoms with E-state index in [9.17, 15) is 0 Å². The number of hydrogen-bond donors (Lipinski definition) is 0. The summed E-state index contributed by atoms with van der Waals surface area (Å²) in [6, 6.07) is 33.2. The lowest BCUT2D eigenvalue weighted by molar-refractivity contribution is 0.00438. The van der Waals surface area contributed by atoms with Crippen LogP contribution in [-0.4, -0.2) is 25.8 Å². The van der Waals surface area contributed by atoms with E-state index in [0.29, 0.717) is 0 Å². The molecule has 0 N–H and O–H groups in total. The molecule has 1 atom stereocenters. The fourth-order valence-corrected chi connectivity index (χ4v) is 6.44. The number of rotatable bonds is 7. The Hall–Kier alpha value is -2.20. The molecule has 33 heavy (non-hydrogen) atoms. The third kappa shape index (κ3) is 4.86. The fourth-order valence-electron chi connectivity index (χ4n) is 4.96. The van der Waals surface area contributed by atoms with Crippen LogP contribution < -0.4 is 0 Å². The van der Waals surface area contributed by atoms with Gasteiger partial charge < -0.3 is 4.43 Å². The molecular formula is C30H39NOSi. The molecule has 3 heteroatoms. The van der Waals surface area contributed by atoms with Gasteiger partial charge in [-0.3, -0.25) is 4.90 Å². The molecule has 0 radical (unpaired) electrons. The molecule has 174 valence electrons. The van der Waals surface area contributed by atoms with Crippen LogP contribution in [0.5, 0.6) is 0 Å². The van der Waals surface area contributed by atoms with Crippen LogP contribution in [0.1, 0.15) is 50.3 Å². The van der Waals surface area contributed by atoms with Crippen molar-refractivity contribution in [2.45, 2.75) is 69.9 Å². The van der Waals surface area contributed by atoms with Crippen molar-refractivity contribution in [3.05, 3.63) is 108 Å². The van der Waals surface area contributed by atoms with E-state index >= 15 is 0 Å². The van der Waals surface area contributed by atoms with Gasteiger partial charge in [-0.25, -0.2) is 0 Å². The third-order valence-corrected chi connectivity index (χ3v) is 12.1. The first-order valence-corrected chi connectivity index (χ1v) is 15.2. The Balaban J connectivity index is 1.89. The molecular weight excluding hydrogens is 418 g/mol. The number of hydrogen-bond acceptors (Lipinski definition) is 2. The lowest BCUT2D eigenvalue weighted by Gasteiger charge is -2.51. The summed E-state index contributed by atoms with van der Waals surface area (Å²) in [6.45, 7) is 13.9. The molecule has 0 bridgehead atoms. The maximum Gasteiger partial charge on any atom is 0.193 e. The topological polar surface area (TPSA) is 12.5 Å². The number of benzene rings is 3. The van der Waals surface area contributed by atoms with Crippen LogP contribution in [0.4, 0.5) is 0 Å². The van der Waals surface area contributed by atoms with E-state index in [2.05, 4.69) is 130 Å². The van der Waals surface area contributed by atoms with E-state index < -0.39 is 13.9 Å². The predicted octanol–water partition coefficient (Wildman–Crippen LogP) is 7.62. The average molecular weight is 458 g/mol. The first-order valence-electron chi connectivity index (χ1n) is 12.3. The molecule has 3 aromatic carbocycles. The van der Waals surface area contributed by atoms with Crippen molar-refractivity contribution >= 4 is 8.32 Å². The Kier molecular flexibility index (Phi) is 6.95. The summed E-state index contributed by atoms with van der Waals surface area (Å²) < 4.78 is 7.61. The summed E-state index contributed by atoms with van der Waals surface area (Å²) in [4.78, 5) is 2.67. The van der Waals surface area contributed by atoms with Crippen molar-refractivity contribution in [3.63, 3.8) is 0 Å². The highest BCUT2D eigenvalue weighted by Gasteiger charge is 2.53. The van der Waals surface area contributed by atoms with Crippen molar-refractivity contribution in [1.29, 1.82) is 0 Å². The molecule has 0 aromatic heterocycles. The SMILES string of the molecule is CC(C)(C)[Si](C)(C)OC(c1ccccc1)(c1ccccc1)[C@@H]1CCCN1Cc1ccccc1. The lowest BCUT2D eigenvalue weighted by atomic mass is 9.79. The van der Waals surface area contributed by atoms with Gasteiger partial charge in [-0.15, -0.1) is 0 Å². The van der Waals surface area contributed by atoms with Crippen LogP contribution in [0.3, 0.4) is 0 Å². The van der Waals surface area contributed by atoms with Gasteiger partial charge in [0.05, 0.1) is 0 Å². The summed E-state index contributed by atoms with van der Waals surface area (Å²) in [5.74, 6) is 0. The molecule has 0 amide bonds. The van der Waals surface area contributed by atoms with Crippen LogP contribution in [-0.2, 0) is 16.6 Å². The smallest absolute Gasteiger partial charge is 0.193 e. The highest BCUT2D eigenvalue weighted by Crippen LogP contribution is 2.49. The van der Waals surface area contributed by atoms with E-state index in [1.54, 1.807) is 0 Å². The zero-order valence-electron chi connectivity index (χ0n) is 20.9. The molecule has 0 unspecified atom stereocenters. The third-order valence-electron chi connectivity index (χ3n) is 7.69. The molecule has 1 heterocycles. The minimum Gasteiger partial charge on any atom is -0.402 e. The average Bonchev–Trinajstić information content (AvgIpc) is 3.27. The van der Waals surface area contributed by atoms with Crippen LogP contribution in [0.25, 0.3) is 0 Å².